The zero-order chi connectivity index (χ0) is 28.1. The predicted octanol–water partition coefficient (Wildman–Crippen LogP) is 7.12. The highest BCUT2D eigenvalue weighted by Gasteiger charge is 2.25. The van der Waals surface area contributed by atoms with Crippen molar-refractivity contribution in [1.82, 2.24) is 14.1 Å². The van der Waals surface area contributed by atoms with E-state index in [1.807, 2.05) is 0 Å². The summed E-state index contributed by atoms with van der Waals surface area (Å²) in [4.78, 5) is 4.90. The average Bonchev–Trinajstić information content (AvgIpc) is 3.63. The highest BCUT2D eigenvalue weighted by Crippen LogP contribution is 2.29. The smallest absolute Gasteiger partial charge is 0.137 e. The molecule has 0 radical (unpaired) electrons. The van der Waals surface area contributed by atoms with E-state index in [4.69, 9.17) is 19.2 Å². The number of ether oxygens (including phenoxy) is 3. The first-order valence-electron chi connectivity index (χ1n) is 14.5. The van der Waals surface area contributed by atoms with E-state index >= 15 is 0 Å². The maximum absolute atomic E-state index is 6.30. The standard InChI is InChI=1S/C34H43N3O3/c1-24-17-31(35-34(18-24)37-27(4)11-12-28(37)5)23-40-33-14-13-30(20-33)22-39-16-15-38-21-29-7-6-8-32(19-29)36-25(2)9-10-26(36)3/h6-12,17-19,30,33H,13-16,20-23H2,1-5H3/t30-,33-/m0/s1. The minimum Gasteiger partial charge on any atom is -0.379 e. The topological polar surface area (TPSA) is 50.4 Å². The molecule has 0 N–H and O–H groups in total. The van der Waals surface area contributed by atoms with Crippen LogP contribution < -0.4 is 0 Å². The van der Waals surface area contributed by atoms with Gasteiger partial charge in [0.2, 0.25) is 0 Å². The maximum Gasteiger partial charge on any atom is 0.137 e. The molecule has 1 aliphatic carbocycles. The molecule has 1 fully saturated rings. The van der Waals surface area contributed by atoms with Crippen LogP contribution in [-0.2, 0) is 27.4 Å². The Morgan fingerprint density at radius 2 is 1.45 bits per heavy atom. The van der Waals surface area contributed by atoms with E-state index in [0.717, 1.165) is 37.4 Å². The number of nitrogens with zero attached hydrogens (tertiary/aromatic N) is 3. The summed E-state index contributed by atoms with van der Waals surface area (Å²) in [6.45, 7) is 13.7. The van der Waals surface area contributed by atoms with Crippen molar-refractivity contribution in [2.45, 2.75) is 73.2 Å². The van der Waals surface area contributed by atoms with Gasteiger partial charge < -0.3 is 23.3 Å². The number of benzene rings is 1. The molecule has 1 saturated carbocycles. The van der Waals surface area contributed by atoms with Gasteiger partial charge in [-0.2, -0.15) is 0 Å². The second kappa shape index (κ2) is 13.0. The van der Waals surface area contributed by atoms with Gasteiger partial charge in [-0.05, 0) is 119 Å². The molecule has 6 heteroatoms. The number of aryl methyl sites for hydroxylation is 5. The van der Waals surface area contributed by atoms with Gasteiger partial charge in [0.15, 0.2) is 0 Å². The summed E-state index contributed by atoms with van der Waals surface area (Å²) in [7, 11) is 0. The molecule has 40 heavy (non-hydrogen) atoms. The zero-order valence-electron chi connectivity index (χ0n) is 24.7. The van der Waals surface area contributed by atoms with Crippen LogP contribution in [0.4, 0.5) is 0 Å². The Kier molecular flexibility index (Phi) is 9.20. The minimum atomic E-state index is 0.269. The van der Waals surface area contributed by atoms with Crippen molar-refractivity contribution in [2.24, 2.45) is 5.92 Å². The molecule has 0 amide bonds. The molecule has 0 aliphatic heterocycles. The number of aromatic nitrogens is 3. The van der Waals surface area contributed by atoms with Gasteiger partial charge in [-0.15, -0.1) is 0 Å². The fraction of sp³-hybridized carbons (Fsp3) is 0.441. The Morgan fingerprint density at radius 1 is 0.750 bits per heavy atom. The number of pyridine rings is 1. The van der Waals surface area contributed by atoms with Crippen LogP contribution in [0.3, 0.4) is 0 Å². The van der Waals surface area contributed by atoms with Gasteiger partial charge in [-0.1, -0.05) is 12.1 Å². The summed E-state index contributed by atoms with van der Waals surface area (Å²) < 4.78 is 22.7. The van der Waals surface area contributed by atoms with Crippen molar-refractivity contribution in [1.29, 1.82) is 0 Å². The first-order chi connectivity index (χ1) is 19.4. The molecule has 5 rings (SSSR count). The van der Waals surface area contributed by atoms with Crippen LogP contribution in [-0.4, -0.2) is 40.0 Å². The van der Waals surface area contributed by atoms with Crippen LogP contribution in [0.2, 0.25) is 0 Å². The highest BCUT2D eigenvalue weighted by molar-refractivity contribution is 5.40. The van der Waals surface area contributed by atoms with Crippen LogP contribution in [0, 0.1) is 40.5 Å². The van der Waals surface area contributed by atoms with Crippen LogP contribution in [0.25, 0.3) is 11.5 Å². The molecule has 3 heterocycles. The average molecular weight is 542 g/mol. The number of rotatable bonds is 12. The first kappa shape index (κ1) is 28.3. The molecule has 0 spiro atoms. The van der Waals surface area contributed by atoms with Gasteiger partial charge in [0.05, 0.1) is 38.2 Å². The van der Waals surface area contributed by atoms with Crippen molar-refractivity contribution >= 4 is 0 Å². The van der Waals surface area contributed by atoms with E-state index in [1.165, 1.54) is 39.6 Å². The molecule has 6 nitrogen and oxygen atoms in total. The highest BCUT2D eigenvalue weighted by atomic mass is 16.5. The molecule has 2 atom stereocenters. The van der Waals surface area contributed by atoms with Crippen molar-refractivity contribution in [3.8, 4) is 11.5 Å². The lowest BCUT2D eigenvalue weighted by Crippen LogP contribution is -2.14. The molecule has 0 saturated heterocycles. The van der Waals surface area contributed by atoms with Gasteiger partial charge in [0.1, 0.15) is 5.82 Å². The van der Waals surface area contributed by atoms with E-state index in [1.54, 1.807) is 0 Å². The monoisotopic (exact) mass is 541 g/mol. The third kappa shape index (κ3) is 6.92. The Morgan fingerprint density at radius 3 is 2.20 bits per heavy atom. The predicted molar refractivity (Wildman–Crippen MR) is 159 cm³/mol. The molecule has 1 aromatic carbocycles. The summed E-state index contributed by atoms with van der Waals surface area (Å²) in [6, 6.07) is 21.4. The number of hydrogen-bond donors (Lipinski definition) is 0. The Labute approximate surface area is 238 Å². The van der Waals surface area contributed by atoms with Crippen LogP contribution in [0.15, 0.2) is 60.7 Å². The van der Waals surface area contributed by atoms with E-state index in [2.05, 4.69) is 104 Å². The first-order valence-corrected chi connectivity index (χ1v) is 14.5. The minimum absolute atomic E-state index is 0.269. The van der Waals surface area contributed by atoms with E-state index in [0.29, 0.717) is 32.3 Å². The van der Waals surface area contributed by atoms with Crippen LogP contribution in [0.1, 0.15) is 58.9 Å². The molecule has 0 bridgehead atoms. The lowest BCUT2D eigenvalue weighted by atomic mass is 10.1. The molecule has 0 unspecified atom stereocenters. The van der Waals surface area contributed by atoms with Gasteiger partial charge in [-0.3, -0.25) is 0 Å². The number of hydrogen-bond acceptors (Lipinski definition) is 4. The van der Waals surface area contributed by atoms with Crippen molar-refractivity contribution in [3.63, 3.8) is 0 Å². The normalized spacial score (nSPS) is 17.1. The van der Waals surface area contributed by atoms with Crippen LogP contribution in [0.5, 0.6) is 0 Å². The van der Waals surface area contributed by atoms with Gasteiger partial charge in [0, 0.05) is 35.1 Å². The molecule has 4 aromatic rings. The largest absolute Gasteiger partial charge is 0.379 e. The molecule has 3 aromatic heterocycles. The van der Waals surface area contributed by atoms with Crippen molar-refractivity contribution in [3.05, 3.63) is 100 Å². The lowest BCUT2D eigenvalue weighted by Gasteiger charge is -2.15. The fourth-order valence-corrected chi connectivity index (χ4v) is 5.89. The fourth-order valence-electron chi connectivity index (χ4n) is 5.89. The quantitative estimate of drug-likeness (QED) is 0.179. The van der Waals surface area contributed by atoms with Gasteiger partial charge >= 0.3 is 0 Å². The van der Waals surface area contributed by atoms with Gasteiger partial charge in [0.25, 0.3) is 0 Å². The Hall–Kier alpha value is -3.19. The molecule has 212 valence electrons. The maximum atomic E-state index is 6.30. The summed E-state index contributed by atoms with van der Waals surface area (Å²) in [5.41, 5.74) is 9.41. The Balaban J connectivity index is 1.01. The molecular weight excluding hydrogens is 498 g/mol. The second-order valence-corrected chi connectivity index (χ2v) is 11.3. The summed E-state index contributed by atoms with van der Waals surface area (Å²) in [6.07, 6.45) is 3.53. The van der Waals surface area contributed by atoms with E-state index < -0.39 is 0 Å². The SMILES string of the molecule is Cc1cc(CO[C@H]2CC[C@H](COCCOCc3cccc(-n4c(C)ccc4C)c3)C2)nc(-n2c(C)ccc2C)c1. The van der Waals surface area contributed by atoms with Crippen LogP contribution >= 0.6 is 0 Å². The molecule has 1 aliphatic rings. The summed E-state index contributed by atoms with van der Waals surface area (Å²) >= 11 is 0. The lowest BCUT2D eigenvalue weighted by molar-refractivity contribution is 0.0176. The van der Waals surface area contributed by atoms with Crippen molar-refractivity contribution in [2.75, 3.05) is 19.8 Å². The van der Waals surface area contributed by atoms with Gasteiger partial charge in [-0.25, -0.2) is 4.98 Å². The van der Waals surface area contributed by atoms with Crippen molar-refractivity contribution < 1.29 is 14.2 Å². The summed E-state index contributed by atoms with van der Waals surface area (Å²) in [5.74, 6) is 1.51. The second-order valence-electron chi connectivity index (χ2n) is 11.3. The molecular formula is C34H43N3O3. The summed E-state index contributed by atoms with van der Waals surface area (Å²) in [5, 5.41) is 0. The third-order valence-corrected chi connectivity index (χ3v) is 7.90. The Bertz CT molecular complexity index is 1380. The zero-order valence-corrected chi connectivity index (χ0v) is 24.7. The third-order valence-electron chi connectivity index (χ3n) is 7.90. The van der Waals surface area contributed by atoms with E-state index in [-0.39, 0.29) is 6.10 Å². The van der Waals surface area contributed by atoms with E-state index in [9.17, 15) is 0 Å².